The zero-order chi connectivity index (χ0) is 22.2. The third kappa shape index (κ3) is 4.78. The van der Waals surface area contributed by atoms with Crippen LogP contribution in [0.2, 0.25) is 0 Å². The summed E-state index contributed by atoms with van der Waals surface area (Å²) in [5.74, 6) is 0.768. The first-order chi connectivity index (χ1) is 15.1. The van der Waals surface area contributed by atoms with Crippen molar-refractivity contribution in [2.45, 2.75) is 6.42 Å². The Bertz CT molecular complexity index is 1060. The van der Waals surface area contributed by atoms with Gasteiger partial charge in [-0.05, 0) is 47.4 Å². The van der Waals surface area contributed by atoms with E-state index < -0.39 is 5.97 Å². The zero-order valence-electron chi connectivity index (χ0n) is 18.1. The Morgan fingerprint density at radius 1 is 0.806 bits per heavy atom. The number of nitrogens with two attached hydrogens (primary N) is 1. The number of methoxy groups -OCH3 is 3. The van der Waals surface area contributed by atoms with Crippen LogP contribution in [-0.2, 0) is 16.0 Å². The molecule has 0 aliphatic heterocycles. The molecule has 0 spiro atoms. The Morgan fingerprint density at radius 2 is 1.35 bits per heavy atom. The second-order valence-electron chi connectivity index (χ2n) is 6.88. The van der Waals surface area contributed by atoms with Crippen LogP contribution >= 0.6 is 0 Å². The van der Waals surface area contributed by atoms with Gasteiger partial charge in [-0.1, -0.05) is 60.7 Å². The molecule has 3 aromatic rings. The van der Waals surface area contributed by atoms with Crippen molar-refractivity contribution in [1.29, 1.82) is 0 Å². The fraction of sp³-hybridized carbons (Fsp3) is 0.192. The summed E-state index contributed by atoms with van der Waals surface area (Å²) in [6.07, 6.45) is 0.606. The van der Waals surface area contributed by atoms with Crippen molar-refractivity contribution in [2.75, 3.05) is 27.9 Å². The van der Waals surface area contributed by atoms with Crippen LogP contribution in [0.1, 0.15) is 22.3 Å². The van der Waals surface area contributed by atoms with Gasteiger partial charge in [0.15, 0.2) is 11.5 Å². The van der Waals surface area contributed by atoms with Gasteiger partial charge in [0.1, 0.15) is 0 Å². The highest BCUT2D eigenvalue weighted by molar-refractivity contribution is 6.27. The maximum atomic E-state index is 13.1. The largest absolute Gasteiger partial charge is 0.493 e. The predicted octanol–water partition coefficient (Wildman–Crippen LogP) is 4.34. The average Bonchev–Trinajstić information content (AvgIpc) is 2.83. The van der Waals surface area contributed by atoms with E-state index in [0.717, 1.165) is 27.8 Å². The van der Waals surface area contributed by atoms with Crippen LogP contribution < -0.4 is 15.2 Å². The Hall–Kier alpha value is -3.57. The topological polar surface area (TPSA) is 70.8 Å². The van der Waals surface area contributed by atoms with Crippen molar-refractivity contribution < 1.29 is 19.0 Å². The molecule has 5 heteroatoms. The molecular formula is C26H27NO4. The quantitative estimate of drug-likeness (QED) is 0.335. The van der Waals surface area contributed by atoms with E-state index in [-0.39, 0.29) is 0 Å². The zero-order valence-corrected chi connectivity index (χ0v) is 18.1. The Kier molecular flexibility index (Phi) is 7.46. The molecule has 2 N–H and O–H groups in total. The molecule has 0 fully saturated rings. The van der Waals surface area contributed by atoms with Gasteiger partial charge in [-0.3, -0.25) is 0 Å². The van der Waals surface area contributed by atoms with Gasteiger partial charge in [0.2, 0.25) is 0 Å². The number of benzene rings is 3. The monoisotopic (exact) mass is 417 g/mol. The van der Waals surface area contributed by atoms with Crippen LogP contribution in [0, 0.1) is 0 Å². The SMILES string of the molecule is COC(=O)/C(=C(\c1ccccc1)c1cc(OC)c(OC)cc1CCN)c1ccccc1. The van der Waals surface area contributed by atoms with Gasteiger partial charge in [0.25, 0.3) is 0 Å². The number of esters is 1. The second-order valence-corrected chi connectivity index (χ2v) is 6.88. The summed E-state index contributed by atoms with van der Waals surface area (Å²) in [6.45, 7) is 0.448. The molecule has 0 unspecified atom stereocenters. The fourth-order valence-electron chi connectivity index (χ4n) is 3.63. The second kappa shape index (κ2) is 10.5. The third-order valence-corrected chi connectivity index (χ3v) is 5.06. The number of rotatable bonds is 8. The van der Waals surface area contributed by atoms with Gasteiger partial charge in [-0.15, -0.1) is 0 Å². The van der Waals surface area contributed by atoms with E-state index in [0.29, 0.717) is 30.0 Å². The Morgan fingerprint density at radius 3 is 1.87 bits per heavy atom. The fourth-order valence-corrected chi connectivity index (χ4v) is 3.63. The Labute approximate surface area is 183 Å². The third-order valence-electron chi connectivity index (χ3n) is 5.06. The smallest absolute Gasteiger partial charge is 0.339 e. The normalized spacial score (nSPS) is 11.5. The van der Waals surface area contributed by atoms with E-state index in [9.17, 15) is 4.79 Å². The van der Waals surface area contributed by atoms with Crippen LogP contribution in [0.4, 0.5) is 0 Å². The molecule has 0 atom stereocenters. The molecule has 3 aromatic carbocycles. The van der Waals surface area contributed by atoms with E-state index in [1.54, 1.807) is 14.2 Å². The molecule has 0 aromatic heterocycles. The molecule has 0 amide bonds. The van der Waals surface area contributed by atoms with Gasteiger partial charge in [0, 0.05) is 5.57 Å². The van der Waals surface area contributed by atoms with E-state index in [4.69, 9.17) is 19.9 Å². The molecule has 5 nitrogen and oxygen atoms in total. The minimum atomic E-state index is -0.418. The molecule has 31 heavy (non-hydrogen) atoms. The minimum Gasteiger partial charge on any atom is -0.493 e. The van der Waals surface area contributed by atoms with Crippen LogP contribution in [0.5, 0.6) is 11.5 Å². The number of carbonyl (C=O) groups is 1. The summed E-state index contributed by atoms with van der Waals surface area (Å²) >= 11 is 0. The summed E-state index contributed by atoms with van der Waals surface area (Å²) in [6, 6.07) is 23.1. The highest BCUT2D eigenvalue weighted by atomic mass is 16.5. The predicted molar refractivity (Wildman–Crippen MR) is 123 cm³/mol. The molecule has 3 rings (SSSR count). The first kappa shape index (κ1) is 22.1. The van der Waals surface area contributed by atoms with Gasteiger partial charge in [0.05, 0.1) is 26.9 Å². The molecule has 0 heterocycles. The van der Waals surface area contributed by atoms with Crippen molar-refractivity contribution in [1.82, 2.24) is 0 Å². The van der Waals surface area contributed by atoms with Crippen LogP contribution in [0.15, 0.2) is 72.8 Å². The molecule has 0 saturated carbocycles. The maximum Gasteiger partial charge on any atom is 0.339 e. The van der Waals surface area contributed by atoms with Crippen molar-refractivity contribution in [3.8, 4) is 11.5 Å². The van der Waals surface area contributed by atoms with Crippen LogP contribution in [0.3, 0.4) is 0 Å². The van der Waals surface area contributed by atoms with E-state index >= 15 is 0 Å². The summed E-state index contributed by atoms with van der Waals surface area (Å²) in [4.78, 5) is 13.1. The Balaban J connectivity index is 2.46. The molecule has 0 aliphatic carbocycles. The number of ether oxygens (including phenoxy) is 3. The number of hydrogen-bond acceptors (Lipinski definition) is 5. The van der Waals surface area contributed by atoms with Crippen molar-refractivity contribution in [3.63, 3.8) is 0 Å². The molecule has 0 aliphatic rings. The van der Waals surface area contributed by atoms with Gasteiger partial charge in [-0.25, -0.2) is 4.79 Å². The van der Waals surface area contributed by atoms with Crippen LogP contribution in [-0.4, -0.2) is 33.8 Å². The summed E-state index contributed by atoms with van der Waals surface area (Å²) < 4.78 is 16.3. The summed E-state index contributed by atoms with van der Waals surface area (Å²) in [5, 5.41) is 0. The highest BCUT2D eigenvalue weighted by Crippen LogP contribution is 2.40. The number of hydrogen-bond donors (Lipinski definition) is 1. The lowest BCUT2D eigenvalue weighted by Gasteiger charge is -2.20. The highest BCUT2D eigenvalue weighted by Gasteiger charge is 2.24. The van der Waals surface area contributed by atoms with Crippen molar-refractivity contribution in [3.05, 3.63) is 95.1 Å². The van der Waals surface area contributed by atoms with Gasteiger partial charge < -0.3 is 19.9 Å². The van der Waals surface area contributed by atoms with Gasteiger partial charge in [-0.2, -0.15) is 0 Å². The first-order valence-electron chi connectivity index (χ1n) is 10.0. The van der Waals surface area contributed by atoms with Gasteiger partial charge >= 0.3 is 5.97 Å². The lowest BCUT2D eigenvalue weighted by Crippen LogP contribution is -2.11. The summed E-state index contributed by atoms with van der Waals surface area (Å²) in [5.41, 5.74) is 10.6. The van der Waals surface area contributed by atoms with Crippen molar-refractivity contribution >= 4 is 17.1 Å². The molecule has 0 radical (unpaired) electrons. The molecule has 0 bridgehead atoms. The van der Waals surface area contributed by atoms with E-state index in [2.05, 4.69) is 0 Å². The van der Waals surface area contributed by atoms with E-state index in [1.807, 2.05) is 72.8 Å². The lowest BCUT2D eigenvalue weighted by molar-refractivity contribution is -0.133. The average molecular weight is 418 g/mol. The number of carbonyl (C=O) groups excluding carboxylic acids is 1. The van der Waals surface area contributed by atoms with E-state index in [1.165, 1.54) is 7.11 Å². The summed E-state index contributed by atoms with van der Waals surface area (Å²) in [7, 11) is 4.58. The lowest BCUT2D eigenvalue weighted by atomic mass is 9.86. The molecule has 160 valence electrons. The van der Waals surface area contributed by atoms with Crippen LogP contribution in [0.25, 0.3) is 11.1 Å². The van der Waals surface area contributed by atoms with Crippen molar-refractivity contribution in [2.24, 2.45) is 5.73 Å². The first-order valence-corrected chi connectivity index (χ1v) is 10.0. The molecule has 0 saturated heterocycles. The minimum absolute atomic E-state index is 0.418. The standard InChI is InChI=1S/C26H27NO4/c1-29-22-16-20(14-15-27)21(17-23(22)30-2)24(18-10-6-4-7-11-18)25(26(28)31-3)19-12-8-5-9-13-19/h4-13,16-17H,14-15,27H2,1-3H3/b25-24+. The molecular weight excluding hydrogens is 390 g/mol. The maximum absolute atomic E-state index is 13.1.